The molecule has 0 aliphatic heterocycles. The fraction of sp³-hybridized carbons (Fsp3) is 0.375. The molecule has 0 fully saturated rings. The van der Waals surface area contributed by atoms with Crippen LogP contribution < -0.4 is 5.32 Å². The van der Waals surface area contributed by atoms with E-state index in [1.54, 1.807) is 12.4 Å². The van der Waals surface area contributed by atoms with Gasteiger partial charge in [0.2, 0.25) is 5.82 Å². The van der Waals surface area contributed by atoms with Gasteiger partial charge in [-0.05, 0) is 29.8 Å². The number of nitrogens with one attached hydrogen (secondary N) is 1. The van der Waals surface area contributed by atoms with Gasteiger partial charge in [0.15, 0.2) is 0 Å². The molecule has 70 valence electrons. The van der Waals surface area contributed by atoms with Gasteiger partial charge >= 0.3 is 0 Å². The fourth-order valence-corrected chi connectivity index (χ4v) is 0.961. The van der Waals surface area contributed by atoms with Crippen molar-refractivity contribution >= 4 is 21.8 Å². The second-order valence-corrected chi connectivity index (χ2v) is 3.77. The molecule has 0 aliphatic carbocycles. The van der Waals surface area contributed by atoms with Gasteiger partial charge in [0.05, 0.1) is 4.47 Å². The largest absolute Gasteiger partial charge is 0.347 e. The summed E-state index contributed by atoms with van der Waals surface area (Å²) in [5.74, 6) is -0.0561. The van der Waals surface area contributed by atoms with Crippen LogP contribution >= 0.6 is 15.9 Å². The van der Waals surface area contributed by atoms with Gasteiger partial charge in [0, 0.05) is 18.4 Å². The van der Waals surface area contributed by atoms with Crippen molar-refractivity contribution in [2.24, 2.45) is 0 Å². The minimum Gasteiger partial charge on any atom is -0.347 e. The Bertz CT molecular complexity index is 297. The van der Waals surface area contributed by atoms with E-state index in [9.17, 15) is 4.79 Å². The molecule has 1 heterocycles. The van der Waals surface area contributed by atoms with Gasteiger partial charge in [-0.2, -0.15) is 0 Å². The van der Waals surface area contributed by atoms with Crippen molar-refractivity contribution in [2.45, 2.75) is 19.9 Å². The lowest BCUT2D eigenvalue weighted by Gasteiger charge is -2.06. The molecule has 0 unspecified atom stereocenters. The SMILES string of the molecule is CC(C)NC(=O)c1ncc(Br)cn1. The summed E-state index contributed by atoms with van der Waals surface area (Å²) in [6.07, 6.45) is 3.09. The Kier molecular flexibility index (Phi) is 3.36. The standard InChI is InChI=1S/C8H10BrN3O/c1-5(2)12-8(13)7-10-3-6(9)4-11-7/h3-5H,1-2H3,(H,12,13). The van der Waals surface area contributed by atoms with Gasteiger partial charge in [-0.15, -0.1) is 0 Å². The highest BCUT2D eigenvalue weighted by Gasteiger charge is 2.08. The molecule has 1 N–H and O–H groups in total. The summed E-state index contributed by atoms with van der Waals surface area (Å²) in [4.78, 5) is 19.0. The molecule has 1 amide bonds. The number of carbonyl (C=O) groups excluding carboxylic acids is 1. The number of hydrogen-bond donors (Lipinski definition) is 1. The number of halogens is 1. The van der Waals surface area contributed by atoms with Crippen LogP contribution in [0.15, 0.2) is 16.9 Å². The molecule has 0 bridgehead atoms. The Morgan fingerprint density at radius 2 is 2.00 bits per heavy atom. The first-order valence-electron chi connectivity index (χ1n) is 3.88. The quantitative estimate of drug-likeness (QED) is 0.854. The third-order valence-electron chi connectivity index (χ3n) is 1.24. The average molecular weight is 244 g/mol. The van der Waals surface area contributed by atoms with Gasteiger partial charge in [0.1, 0.15) is 0 Å². The van der Waals surface area contributed by atoms with E-state index < -0.39 is 0 Å². The van der Waals surface area contributed by atoms with Crippen LogP contribution in [0.2, 0.25) is 0 Å². The predicted octanol–water partition coefficient (Wildman–Crippen LogP) is 1.38. The van der Waals surface area contributed by atoms with E-state index in [-0.39, 0.29) is 17.8 Å². The molecule has 0 aromatic carbocycles. The Morgan fingerprint density at radius 1 is 1.46 bits per heavy atom. The first-order valence-corrected chi connectivity index (χ1v) is 4.67. The minimum atomic E-state index is -0.248. The maximum atomic E-state index is 11.3. The van der Waals surface area contributed by atoms with Crippen LogP contribution in [0, 0.1) is 0 Å². The summed E-state index contributed by atoms with van der Waals surface area (Å²) >= 11 is 3.19. The molecule has 0 saturated heterocycles. The zero-order valence-electron chi connectivity index (χ0n) is 7.41. The Morgan fingerprint density at radius 3 is 2.46 bits per heavy atom. The maximum absolute atomic E-state index is 11.3. The lowest BCUT2D eigenvalue weighted by molar-refractivity contribution is 0.0932. The normalized spacial score (nSPS) is 10.2. The number of aromatic nitrogens is 2. The Hall–Kier alpha value is -0.970. The Labute approximate surface area is 84.9 Å². The monoisotopic (exact) mass is 243 g/mol. The first-order chi connectivity index (χ1) is 6.09. The molecule has 1 rings (SSSR count). The van der Waals surface area contributed by atoms with E-state index >= 15 is 0 Å². The van der Waals surface area contributed by atoms with Gasteiger partial charge in [-0.3, -0.25) is 4.79 Å². The summed E-state index contributed by atoms with van der Waals surface area (Å²) in [6, 6.07) is 0.0970. The van der Waals surface area contributed by atoms with Gasteiger partial charge in [0.25, 0.3) is 5.91 Å². The van der Waals surface area contributed by atoms with Gasteiger partial charge < -0.3 is 5.32 Å². The van der Waals surface area contributed by atoms with E-state index in [1.165, 1.54) is 0 Å². The van der Waals surface area contributed by atoms with Gasteiger partial charge in [-0.1, -0.05) is 0 Å². The highest BCUT2D eigenvalue weighted by molar-refractivity contribution is 9.10. The number of amides is 1. The maximum Gasteiger partial charge on any atom is 0.289 e. The van der Waals surface area contributed by atoms with Crippen LogP contribution in [-0.4, -0.2) is 21.9 Å². The van der Waals surface area contributed by atoms with E-state index in [1.807, 2.05) is 13.8 Å². The summed E-state index contributed by atoms with van der Waals surface area (Å²) in [6.45, 7) is 3.77. The van der Waals surface area contributed by atoms with Crippen LogP contribution in [0.4, 0.5) is 0 Å². The molecule has 0 atom stereocenters. The Balaban J connectivity index is 2.72. The predicted molar refractivity (Wildman–Crippen MR) is 52.3 cm³/mol. The van der Waals surface area contributed by atoms with Crippen LogP contribution in [0.5, 0.6) is 0 Å². The number of carbonyl (C=O) groups is 1. The fourth-order valence-electron chi connectivity index (χ4n) is 0.756. The van der Waals surface area contributed by atoms with Crippen molar-refractivity contribution in [1.29, 1.82) is 0 Å². The van der Waals surface area contributed by atoms with Crippen molar-refractivity contribution in [3.8, 4) is 0 Å². The zero-order chi connectivity index (χ0) is 9.84. The second-order valence-electron chi connectivity index (χ2n) is 2.85. The van der Waals surface area contributed by atoms with Crippen LogP contribution in [-0.2, 0) is 0 Å². The summed E-state index contributed by atoms with van der Waals surface area (Å²) in [5, 5.41) is 2.70. The van der Waals surface area contributed by atoms with E-state index in [2.05, 4.69) is 31.2 Å². The minimum absolute atomic E-state index is 0.0970. The van der Waals surface area contributed by atoms with Gasteiger partial charge in [-0.25, -0.2) is 9.97 Å². The number of rotatable bonds is 2. The summed E-state index contributed by atoms with van der Waals surface area (Å²) in [5.41, 5.74) is 0. The second kappa shape index (κ2) is 4.32. The van der Waals surface area contributed by atoms with E-state index in [0.717, 1.165) is 4.47 Å². The lowest BCUT2D eigenvalue weighted by atomic mass is 10.4. The highest BCUT2D eigenvalue weighted by Crippen LogP contribution is 2.04. The summed E-state index contributed by atoms with van der Waals surface area (Å²) in [7, 11) is 0. The third-order valence-corrected chi connectivity index (χ3v) is 1.65. The zero-order valence-corrected chi connectivity index (χ0v) is 9.00. The van der Waals surface area contributed by atoms with Crippen LogP contribution in [0.25, 0.3) is 0 Å². The topological polar surface area (TPSA) is 54.9 Å². The van der Waals surface area contributed by atoms with Crippen molar-refractivity contribution in [1.82, 2.24) is 15.3 Å². The van der Waals surface area contributed by atoms with E-state index in [0.29, 0.717) is 0 Å². The average Bonchev–Trinajstić information content (AvgIpc) is 2.04. The summed E-state index contributed by atoms with van der Waals surface area (Å²) < 4.78 is 0.758. The molecule has 13 heavy (non-hydrogen) atoms. The number of hydrogen-bond acceptors (Lipinski definition) is 3. The molecular weight excluding hydrogens is 234 g/mol. The van der Waals surface area contributed by atoms with Crippen molar-refractivity contribution in [2.75, 3.05) is 0 Å². The third kappa shape index (κ3) is 3.10. The molecule has 4 nitrogen and oxygen atoms in total. The molecule has 0 radical (unpaired) electrons. The molecule has 0 spiro atoms. The molecule has 5 heteroatoms. The molecular formula is C8H10BrN3O. The molecule has 0 aliphatic rings. The highest BCUT2D eigenvalue weighted by atomic mass is 79.9. The lowest BCUT2D eigenvalue weighted by Crippen LogP contribution is -2.31. The first kappa shape index (κ1) is 10.1. The smallest absolute Gasteiger partial charge is 0.289 e. The molecule has 1 aromatic rings. The van der Waals surface area contributed by atoms with E-state index in [4.69, 9.17) is 0 Å². The molecule has 1 aromatic heterocycles. The van der Waals surface area contributed by atoms with Crippen LogP contribution in [0.1, 0.15) is 24.5 Å². The van der Waals surface area contributed by atoms with Crippen molar-refractivity contribution in [3.05, 3.63) is 22.7 Å². The van der Waals surface area contributed by atoms with Crippen molar-refractivity contribution in [3.63, 3.8) is 0 Å². The van der Waals surface area contributed by atoms with Crippen LogP contribution in [0.3, 0.4) is 0 Å². The number of nitrogens with zero attached hydrogens (tertiary/aromatic N) is 2. The molecule has 0 saturated carbocycles. The van der Waals surface area contributed by atoms with Crippen molar-refractivity contribution < 1.29 is 4.79 Å².